The molecule has 5 N–H and O–H groups in total. The molecule has 1 aromatic carbocycles. The molecule has 0 saturated heterocycles. The number of aromatic amines is 1. The highest BCUT2D eigenvalue weighted by Crippen LogP contribution is 2.29. The molecule has 2 heterocycles. The second-order valence-corrected chi connectivity index (χ2v) is 7.31. The number of rotatable bonds is 7. The molecule has 2 aliphatic heterocycles. The van der Waals surface area contributed by atoms with E-state index in [2.05, 4.69) is 30.6 Å². The fourth-order valence-electron chi connectivity index (χ4n) is 3.66. The molecule has 4 rings (SSSR count). The van der Waals surface area contributed by atoms with Crippen molar-refractivity contribution < 1.29 is 9.47 Å². The van der Waals surface area contributed by atoms with Gasteiger partial charge in [0, 0.05) is 18.6 Å². The summed E-state index contributed by atoms with van der Waals surface area (Å²) in [5, 5.41) is 6.90. The Morgan fingerprint density at radius 1 is 1.10 bits per heavy atom. The van der Waals surface area contributed by atoms with Crippen LogP contribution in [0.5, 0.6) is 11.5 Å². The van der Waals surface area contributed by atoms with Gasteiger partial charge in [-0.15, -0.1) is 0 Å². The average molecular weight is 397 g/mol. The maximum absolute atomic E-state index is 6.01. The number of nitrogens with one attached hydrogen (secondary N) is 3. The number of hydrogen-bond acceptors (Lipinski definition) is 8. The predicted octanol–water partition coefficient (Wildman–Crippen LogP) is 2.62. The van der Waals surface area contributed by atoms with Gasteiger partial charge in [0.05, 0.1) is 14.2 Å². The van der Waals surface area contributed by atoms with Crippen LogP contribution in [0.15, 0.2) is 24.5 Å². The summed E-state index contributed by atoms with van der Waals surface area (Å²) in [6.07, 6.45) is 5.66. The fraction of sp³-hybridized carbons (Fsp3) is 0.450. The summed E-state index contributed by atoms with van der Waals surface area (Å²) in [5.41, 5.74) is 7.77. The molecule has 0 unspecified atom stereocenters. The van der Waals surface area contributed by atoms with Crippen molar-refractivity contribution in [2.24, 2.45) is 5.73 Å². The van der Waals surface area contributed by atoms with Crippen molar-refractivity contribution in [1.82, 2.24) is 19.9 Å². The van der Waals surface area contributed by atoms with E-state index in [4.69, 9.17) is 15.2 Å². The monoisotopic (exact) mass is 397 g/mol. The lowest BCUT2D eigenvalue weighted by Crippen LogP contribution is -2.33. The first kappa shape index (κ1) is 19.3. The third-order valence-corrected chi connectivity index (χ3v) is 5.31. The van der Waals surface area contributed by atoms with E-state index in [0.29, 0.717) is 47.6 Å². The Morgan fingerprint density at radius 3 is 2.66 bits per heavy atom. The molecule has 1 aliphatic carbocycles. The van der Waals surface area contributed by atoms with Gasteiger partial charge in [-0.25, -0.2) is 9.97 Å². The van der Waals surface area contributed by atoms with E-state index in [1.807, 2.05) is 18.2 Å². The summed E-state index contributed by atoms with van der Waals surface area (Å²) < 4.78 is 10.7. The number of fused-ring (bicyclic) bond motifs is 1. The van der Waals surface area contributed by atoms with Crippen LogP contribution < -0.4 is 25.8 Å². The van der Waals surface area contributed by atoms with Crippen molar-refractivity contribution in [2.75, 3.05) is 24.9 Å². The van der Waals surface area contributed by atoms with Crippen LogP contribution in [0.3, 0.4) is 0 Å². The molecule has 154 valence electrons. The number of nitrogens with two attached hydrogens (primary N) is 1. The van der Waals surface area contributed by atoms with Gasteiger partial charge in [0.2, 0.25) is 5.95 Å². The van der Waals surface area contributed by atoms with Gasteiger partial charge >= 0.3 is 0 Å². The molecule has 1 saturated carbocycles. The van der Waals surface area contributed by atoms with Crippen LogP contribution in [0.1, 0.15) is 31.2 Å². The number of benzene rings is 1. The molecule has 9 nitrogen and oxygen atoms in total. The highest BCUT2D eigenvalue weighted by molar-refractivity contribution is 5.69. The molecule has 0 radical (unpaired) electrons. The minimum atomic E-state index is 0.312. The van der Waals surface area contributed by atoms with E-state index in [9.17, 15) is 0 Å². The van der Waals surface area contributed by atoms with Crippen LogP contribution >= 0.6 is 0 Å². The van der Waals surface area contributed by atoms with Crippen molar-refractivity contribution in [3.8, 4) is 23.0 Å². The maximum Gasteiger partial charge on any atom is 0.204 e. The Hall–Kier alpha value is -3.07. The summed E-state index contributed by atoms with van der Waals surface area (Å²) in [4.78, 5) is 16.5. The minimum Gasteiger partial charge on any atom is -0.493 e. The normalized spacial score (nSPS) is 19.1. The van der Waals surface area contributed by atoms with E-state index < -0.39 is 0 Å². The molecule has 1 fully saturated rings. The predicted molar refractivity (Wildman–Crippen MR) is 112 cm³/mol. The van der Waals surface area contributed by atoms with Gasteiger partial charge in [-0.1, -0.05) is 6.07 Å². The molecule has 0 bridgehead atoms. The Balaban J connectivity index is 1.50. The van der Waals surface area contributed by atoms with Gasteiger partial charge in [-0.05, 0) is 43.4 Å². The fourth-order valence-corrected chi connectivity index (χ4v) is 3.66. The summed E-state index contributed by atoms with van der Waals surface area (Å²) in [6, 6.07) is 6.51. The van der Waals surface area contributed by atoms with Gasteiger partial charge in [0.15, 0.2) is 17.3 Å². The zero-order chi connectivity index (χ0) is 20.2. The summed E-state index contributed by atoms with van der Waals surface area (Å²) >= 11 is 0. The highest BCUT2D eigenvalue weighted by atomic mass is 16.5. The first-order valence-corrected chi connectivity index (χ1v) is 9.84. The zero-order valence-electron chi connectivity index (χ0n) is 16.7. The topological polar surface area (TPSA) is 123 Å². The number of imidazole rings is 1. The van der Waals surface area contributed by atoms with Gasteiger partial charge in [0.25, 0.3) is 0 Å². The Bertz CT molecular complexity index is 921. The van der Waals surface area contributed by atoms with Gasteiger partial charge in [0.1, 0.15) is 17.8 Å². The SMILES string of the molecule is COc1ccc(CNc2[nH]c(N[C@H]3CC[C@H](N)CC3)nc3ncnc2-3)cc1OC. The molecule has 3 aliphatic rings. The van der Waals surface area contributed by atoms with Gasteiger partial charge in [-0.3, -0.25) is 0 Å². The van der Waals surface area contributed by atoms with Gasteiger partial charge < -0.3 is 30.8 Å². The standard InChI is InChI=1S/C20H27N7O2/c1-28-15-8-3-12(9-16(15)29-2)10-22-18-17-19(24-11-23-17)27-20(26-18)25-14-6-4-13(21)5-7-14/h3,8-9,11,13-14H,4-7,10,21H2,1-2H3,(H3,22,23,24,25,26,27)/t13-,14-. The van der Waals surface area contributed by atoms with Crippen molar-refractivity contribution in [3.63, 3.8) is 0 Å². The summed E-state index contributed by atoms with van der Waals surface area (Å²) in [5.74, 6) is 3.47. The van der Waals surface area contributed by atoms with Crippen LogP contribution in [-0.4, -0.2) is 46.2 Å². The minimum absolute atomic E-state index is 0.312. The second-order valence-electron chi connectivity index (χ2n) is 7.31. The second kappa shape index (κ2) is 8.52. The van der Waals surface area contributed by atoms with Crippen LogP contribution in [0.2, 0.25) is 0 Å². The van der Waals surface area contributed by atoms with Crippen LogP contribution in [-0.2, 0) is 6.54 Å². The van der Waals surface area contributed by atoms with Crippen LogP contribution in [0.25, 0.3) is 11.5 Å². The zero-order valence-corrected chi connectivity index (χ0v) is 16.7. The van der Waals surface area contributed by atoms with Crippen molar-refractivity contribution in [3.05, 3.63) is 30.1 Å². The van der Waals surface area contributed by atoms with E-state index in [1.54, 1.807) is 14.2 Å². The lowest BCUT2D eigenvalue weighted by Gasteiger charge is -2.27. The largest absolute Gasteiger partial charge is 0.493 e. The number of ether oxygens (including phenoxy) is 2. The van der Waals surface area contributed by atoms with Crippen LogP contribution in [0.4, 0.5) is 11.8 Å². The Morgan fingerprint density at radius 2 is 1.90 bits per heavy atom. The molecular formula is C20H27N7O2. The molecule has 29 heavy (non-hydrogen) atoms. The maximum atomic E-state index is 6.01. The van der Waals surface area contributed by atoms with E-state index in [-0.39, 0.29) is 0 Å². The molecule has 1 aromatic rings. The molecule has 0 atom stereocenters. The molecular weight excluding hydrogens is 370 g/mol. The number of anilines is 2. The summed E-state index contributed by atoms with van der Waals surface area (Å²) in [6.45, 7) is 0.584. The molecule has 9 heteroatoms. The summed E-state index contributed by atoms with van der Waals surface area (Å²) in [7, 11) is 3.26. The third kappa shape index (κ3) is 4.34. The van der Waals surface area contributed by atoms with Crippen molar-refractivity contribution in [1.29, 1.82) is 0 Å². The van der Waals surface area contributed by atoms with E-state index in [0.717, 1.165) is 37.1 Å². The molecule has 0 amide bonds. The van der Waals surface area contributed by atoms with Crippen LogP contribution in [0, 0.1) is 0 Å². The highest BCUT2D eigenvalue weighted by Gasteiger charge is 2.21. The first-order chi connectivity index (χ1) is 14.2. The number of aromatic nitrogens is 4. The number of hydrogen-bond donors (Lipinski definition) is 4. The van der Waals surface area contributed by atoms with E-state index in [1.165, 1.54) is 6.33 Å². The number of methoxy groups -OCH3 is 2. The molecule has 0 spiro atoms. The van der Waals surface area contributed by atoms with E-state index >= 15 is 0 Å². The lowest BCUT2D eigenvalue weighted by atomic mass is 9.92. The number of H-pyrrole nitrogens is 1. The smallest absolute Gasteiger partial charge is 0.204 e. The molecule has 0 aromatic heterocycles. The van der Waals surface area contributed by atoms with Crippen molar-refractivity contribution in [2.45, 2.75) is 44.3 Å². The van der Waals surface area contributed by atoms with Gasteiger partial charge in [-0.2, -0.15) is 4.98 Å². The third-order valence-electron chi connectivity index (χ3n) is 5.31. The Labute approximate surface area is 169 Å². The lowest BCUT2D eigenvalue weighted by molar-refractivity contribution is 0.354. The quantitative estimate of drug-likeness (QED) is 0.480. The first-order valence-electron chi connectivity index (χ1n) is 9.84. The Kier molecular flexibility index (Phi) is 5.66. The average Bonchev–Trinajstić information content (AvgIpc) is 3.22. The number of nitrogens with zero attached hydrogens (tertiary/aromatic N) is 3. The van der Waals surface area contributed by atoms with Crippen molar-refractivity contribution >= 4 is 11.8 Å².